The molecule has 0 aliphatic rings. The average molecular weight is 532 g/mol. The monoisotopic (exact) mass is 532 g/mol. The summed E-state index contributed by atoms with van der Waals surface area (Å²) in [6.45, 7) is 0. The summed E-state index contributed by atoms with van der Waals surface area (Å²) in [5.74, 6) is -69.1. The number of hydrogen-bond donors (Lipinski definition) is 2. The Kier molecular flexibility index (Phi) is 6.69. The van der Waals surface area contributed by atoms with Gasteiger partial charge in [-0.3, -0.25) is 11.5 Å². The number of nitrogens with two attached hydrogens (primary N) is 2. The van der Waals surface area contributed by atoms with Crippen LogP contribution < -0.4 is 11.5 Å². The second-order valence-electron chi connectivity index (χ2n) is 5.84. The van der Waals surface area contributed by atoms with Gasteiger partial charge in [0.25, 0.3) is 0 Å². The summed E-state index contributed by atoms with van der Waals surface area (Å²) in [5.41, 5.74) is 6.03. The Morgan fingerprint density at radius 3 is 0.406 bits per heavy atom. The predicted molar refractivity (Wildman–Crippen MR) is 57.8 cm³/mol. The fourth-order valence-corrected chi connectivity index (χ4v) is 1.60. The van der Waals surface area contributed by atoms with Gasteiger partial charge in [-0.2, -0.15) is 87.8 Å². The third-order valence-electron chi connectivity index (χ3n) is 3.60. The summed E-state index contributed by atoms with van der Waals surface area (Å²) < 4.78 is 258. The Balaban J connectivity index is 7.00. The van der Waals surface area contributed by atoms with E-state index in [9.17, 15) is 87.8 Å². The number of alkyl halides is 20. The fraction of sp³-hybridized carbons (Fsp3) is 1.00. The molecule has 0 unspecified atom stereocenters. The summed E-state index contributed by atoms with van der Waals surface area (Å²) in [6.07, 6.45) is 0. The molecule has 0 fully saturated rings. The molecule has 0 aromatic heterocycles. The molecule has 0 aliphatic carbocycles. The van der Waals surface area contributed by atoms with E-state index in [1.54, 1.807) is 0 Å². The highest BCUT2D eigenvalue weighted by molar-refractivity contribution is 5.17. The molecule has 0 aromatic carbocycles. The van der Waals surface area contributed by atoms with Crippen molar-refractivity contribution in [2.75, 3.05) is 0 Å². The van der Waals surface area contributed by atoms with E-state index in [0.29, 0.717) is 0 Å². The first-order chi connectivity index (χ1) is 13.2. The highest BCUT2D eigenvalue weighted by Crippen LogP contribution is 2.65. The van der Waals surface area contributed by atoms with Gasteiger partial charge in [-0.15, -0.1) is 0 Å². The molecule has 0 heterocycles. The van der Waals surface area contributed by atoms with Crippen molar-refractivity contribution >= 4 is 0 Å². The van der Waals surface area contributed by atoms with Gasteiger partial charge in [0.1, 0.15) is 0 Å². The van der Waals surface area contributed by atoms with E-state index in [1.807, 2.05) is 0 Å². The summed E-state index contributed by atoms with van der Waals surface area (Å²) in [6, 6.07) is -14.0. The molecule has 0 bridgehead atoms. The minimum atomic E-state index is -9.05. The molecule has 194 valence electrons. The zero-order chi connectivity index (χ0) is 27.0. The van der Waals surface area contributed by atoms with Gasteiger partial charge in [-0.25, -0.2) is 0 Å². The van der Waals surface area contributed by atoms with Crippen LogP contribution in [0.25, 0.3) is 0 Å². The van der Waals surface area contributed by atoms with E-state index in [0.717, 1.165) is 0 Å². The maximum atomic E-state index is 13.2. The van der Waals surface area contributed by atoms with Crippen LogP contribution in [-0.2, 0) is 0 Å². The average Bonchev–Trinajstić information content (AvgIpc) is 2.51. The van der Waals surface area contributed by atoms with Crippen molar-refractivity contribution in [2.24, 2.45) is 11.5 Å². The molecule has 2 nitrogen and oxygen atoms in total. The lowest BCUT2D eigenvalue weighted by Gasteiger charge is -2.44. The van der Waals surface area contributed by atoms with Crippen LogP contribution >= 0.6 is 0 Å². The first-order valence-corrected chi connectivity index (χ1v) is 6.61. The Labute approximate surface area is 160 Å². The molecular weight excluding hydrogens is 528 g/mol. The summed E-state index contributed by atoms with van der Waals surface area (Å²) >= 11 is 0. The van der Waals surface area contributed by atoms with Crippen molar-refractivity contribution < 1.29 is 87.8 Å². The molecule has 0 aromatic rings. The molecule has 0 aliphatic heterocycles. The Bertz CT molecular complexity index is 636. The minimum Gasteiger partial charge on any atom is -0.267 e. The Morgan fingerprint density at radius 2 is 0.312 bits per heavy atom. The molecular formula is C10H4F20N2. The normalized spacial score (nSPS) is 17.1. The highest BCUT2D eigenvalue weighted by Gasteiger charge is 2.97. The molecule has 0 rings (SSSR count). The van der Waals surface area contributed by atoms with Gasteiger partial charge in [-0.1, -0.05) is 0 Å². The van der Waals surface area contributed by atoms with Gasteiger partial charge in [0.2, 0.25) is 0 Å². The molecule has 0 radical (unpaired) electrons. The van der Waals surface area contributed by atoms with Gasteiger partial charge in [-0.05, 0) is 0 Å². The lowest BCUT2D eigenvalue weighted by molar-refractivity contribution is -0.468. The van der Waals surface area contributed by atoms with Gasteiger partial charge in [0.05, 0.1) is 0 Å². The Hall–Kier alpha value is -1.48. The van der Waals surface area contributed by atoms with E-state index in [2.05, 4.69) is 11.5 Å². The summed E-state index contributed by atoms with van der Waals surface area (Å²) in [4.78, 5) is 0. The Morgan fingerprint density at radius 1 is 0.219 bits per heavy atom. The topological polar surface area (TPSA) is 52.0 Å². The number of rotatable bonds is 9. The highest BCUT2D eigenvalue weighted by atomic mass is 19.4. The van der Waals surface area contributed by atoms with Crippen molar-refractivity contribution in [1.82, 2.24) is 0 Å². The van der Waals surface area contributed by atoms with Crippen molar-refractivity contribution in [3.8, 4) is 0 Å². The van der Waals surface area contributed by atoms with E-state index in [-0.39, 0.29) is 0 Å². The van der Waals surface area contributed by atoms with Crippen LogP contribution in [0.3, 0.4) is 0 Å². The maximum absolute atomic E-state index is 13.2. The van der Waals surface area contributed by atoms with Crippen molar-refractivity contribution in [3.63, 3.8) is 0 Å². The van der Waals surface area contributed by atoms with E-state index >= 15 is 0 Å². The molecule has 22 heteroatoms. The first-order valence-electron chi connectivity index (χ1n) is 6.61. The van der Waals surface area contributed by atoms with Crippen LogP contribution in [0.4, 0.5) is 87.8 Å². The molecule has 32 heavy (non-hydrogen) atoms. The number of hydrogen-bond acceptors (Lipinski definition) is 2. The molecule has 4 N–H and O–H groups in total. The second kappa shape index (κ2) is 7.01. The summed E-state index contributed by atoms with van der Waals surface area (Å²) in [7, 11) is 0. The minimum absolute atomic E-state index is 3.01. The van der Waals surface area contributed by atoms with Gasteiger partial charge < -0.3 is 0 Å². The smallest absolute Gasteiger partial charge is 0.267 e. The van der Waals surface area contributed by atoms with Crippen LogP contribution in [0.2, 0.25) is 0 Å². The van der Waals surface area contributed by atoms with Crippen LogP contribution in [0, 0.1) is 0 Å². The van der Waals surface area contributed by atoms with E-state index in [4.69, 9.17) is 0 Å². The standard InChI is InChI=1S/C10H4F20N2/c11-1(12,3(15,16)5(19,20)7(23,24)9(27,28)31)2(13,14)4(17,18)6(21,22)8(25,26)10(29,30)32/h31-32H2. The van der Waals surface area contributed by atoms with Crippen molar-refractivity contribution in [2.45, 2.75) is 59.5 Å². The van der Waals surface area contributed by atoms with Crippen molar-refractivity contribution in [1.29, 1.82) is 0 Å². The lowest BCUT2D eigenvalue weighted by Crippen LogP contribution is -2.77. The van der Waals surface area contributed by atoms with Crippen LogP contribution in [0.15, 0.2) is 0 Å². The SMILES string of the molecule is NC(F)(F)C(F)(F)C(F)(F)C(F)(F)C(F)(F)C(F)(F)C(F)(F)C(F)(F)C(F)(F)C(N)(F)F. The lowest BCUT2D eigenvalue weighted by atomic mass is 9.87. The van der Waals surface area contributed by atoms with Gasteiger partial charge in [0, 0.05) is 0 Å². The second-order valence-corrected chi connectivity index (χ2v) is 5.84. The summed E-state index contributed by atoms with van der Waals surface area (Å²) in [5, 5.41) is 0. The van der Waals surface area contributed by atoms with E-state index in [1.165, 1.54) is 0 Å². The van der Waals surface area contributed by atoms with Crippen molar-refractivity contribution in [3.05, 3.63) is 0 Å². The molecule has 0 saturated heterocycles. The van der Waals surface area contributed by atoms with Crippen LogP contribution in [0.1, 0.15) is 0 Å². The van der Waals surface area contributed by atoms with Crippen LogP contribution in [0.5, 0.6) is 0 Å². The zero-order valence-electron chi connectivity index (χ0n) is 13.7. The fourth-order valence-electron chi connectivity index (χ4n) is 1.60. The van der Waals surface area contributed by atoms with Gasteiger partial charge in [0.15, 0.2) is 0 Å². The molecule has 0 spiro atoms. The van der Waals surface area contributed by atoms with E-state index < -0.39 is 59.5 Å². The van der Waals surface area contributed by atoms with Gasteiger partial charge >= 0.3 is 59.5 Å². The van der Waals surface area contributed by atoms with Crippen LogP contribution in [-0.4, -0.2) is 59.5 Å². The first kappa shape index (κ1) is 30.5. The quantitative estimate of drug-likeness (QED) is 0.318. The largest absolute Gasteiger partial charge is 0.392 e. The third-order valence-corrected chi connectivity index (χ3v) is 3.60. The number of halogens is 20. The molecule has 0 amide bonds. The third kappa shape index (κ3) is 3.42. The maximum Gasteiger partial charge on any atom is 0.392 e. The molecule has 0 saturated carbocycles. The zero-order valence-corrected chi connectivity index (χ0v) is 13.7. The predicted octanol–water partition coefficient (Wildman–Crippen LogP) is 5.17. The molecule has 0 atom stereocenters.